The van der Waals surface area contributed by atoms with Crippen LogP contribution in [-0.4, -0.2) is 44.2 Å². The number of nitrogens with one attached hydrogen (secondary N) is 1. The van der Waals surface area contributed by atoms with Crippen LogP contribution in [0.5, 0.6) is 0 Å². The lowest BCUT2D eigenvalue weighted by atomic mass is 10.1. The highest BCUT2D eigenvalue weighted by atomic mass is 35.5. The summed E-state index contributed by atoms with van der Waals surface area (Å²) in [7, 11) is -3.43. The number of sulfonamides is 1. The van der Waals surface area contributed by atoms with Gasteiger partial charge in [0.05, 0.1) is 46.0 Å². The predicted molar refractivity (Wildman–Crippen MR) is 133 cm³/mol. The molecule has 0 spiro atoms. The fourth-order valence-electron chi connectivity index (χ4n) is 4.09. The molecule has 34 heavy (non-hydrogen) atoms. The highest BCUT2D eigenvalue weighted by Crippen LogP contribution is 2.33. The van der Waals surface area contributed by atoms with E-state index in [-0.39, 0.29) is 6.04 Å². The average Bonchev–Trinajstić information content (AvgIpc) is 3.31. The van der Waals surface area contributed by atoms with Crippen LogP contribution < -0.4 is 10.5 Å². The molecular formula is C22H21ClN8O2S. The molecule has 174 valence electrons. The molecule has 0 aliphatic carbocycles. The van der Waals surface area contributed by atoms with Crippen LogP contribution in [0.4, 0.5) is 11.5 Å². The van der Waals surface area contributed by atoms with Gasteiger partial charge in [-0.2, -0.15) is 10.2 Å². The van der Waals surface area contributed by atoms with Gasteiger partial charge in [0.2, 0.25) is 10.0 Å². The molecule has 3 aromatic heterocycles. The number of benzene rings is 2. The molecule has 0 saturated carbocycles. The lowest BCUT2D eigenvalue weighted by molar-refractivity contribution is 0.559. The zero-order chi connectivity index (χ0) is 24.2. The normalized spacial score (nSPS) is 12.9. The lowest BCUT2D eigenvalue weighted by Gasteiger charge is -2.11. The molecule has 12 heteroatoms. The summed E-state index contributed by atoms with van der Waals surface area (Å²) in [6, 6.07) is 12.2. The summed E-state index contributed by atoms with van der Waals surface area (Å²) in [5, 5.41) is 11.7. The van der Waals surface area contributed by atoms with Crippen molar-refractivity contribution in [3.8, 4) is 5.69 Å². The second-order valence-corrected chi connectivity index (χ2v) is 10.2. The van der Waals surface area contributed by atoms with Gasteiger partial charge < -0.3 is 5.73 Å². The number of anilines is 2. The number of nitrogens with two attached hydrogens (primary N) is 1. The van der Waals surface area contributed by atoms with Crippen LogP contribution in [-0.2, 0) is 10.0 Å². The number of nitrogens with zero attached hydrogens (tertiary/aromatic N) is 6. The van der Waals surface area contributed by atoms with Crippen molar-refractivity contribution in [2.24, 2.45) is 0 Å². The molecule has 0 bridgehead atoms. The standard InChI is InChI=1S/C22H21ClN8O2S/c1-12-19-21(24)25-11-26-22(19)30(27-12)13(2)20-17-8-7-14(23)9-18(17)31(28-20)16-6-4-5-15(10-16)29-34(3,32)33/h4-11,13,29H,1-3H3,(H2,24,25,26). The van der Waals surface area contributed by atoms with E-state index in [0.29, 0.717) is 33.2 Å². The van der Waals surface area contributed by atoms with Gasteiger partial charge in [-0.05, 0) is 50.2 Å². The molecule has 3 heterocycles. The molecule has 1 unspecified atom stereocenters. The van der Waals surface area contributed by atoms with Crippen molar-refractivity contribution >= 4 is 55.1 Å². The summed E-state index contributed by atoms with van der Waals surface area (Å²) in [4.78, 5) is 8.48. The van der Waals surface area contributed by atoms with Crippen molar-refractivity contribution < 1.29 is 8.42 Å². The van der Waals surface area contributed by atoms with E-state index in [1.807, 2.05) is 32.0 Å². The van der Waals surface area contributed by atoms with Gasteiger partial charge in [-0.1, -0.05) is 17.7 Å². The zero-order valence-electron chi connectivity index (χ0n) is 18.6. The molecule has 5 aromatic rings. The van der Waals surface area contributed by atoms with Crippen LogP contribution in [0.25, 0.3) is 27.6 Å². The maximum absolute atomic E-state index is 11.7. The molecule has 5 rings (SSSR count). The Hall–Kier alpha value is -3.70. The first-order chi connectivity index (χ1) is 16.1. The highest BCUT2D eigenvalue weighted by Gasteiger charge is 2.23. The fourth-order valence-corrected chi connectivity index (χ4v) is 4.81. The van der Waals surface area contributed by atoms with Crippen molar-refractivity contribution in [1.82, 2.24) is 29.5 Å². The SMILES string of the molecule is Cc1nn(C(C)c2nn(-c3cccc(NS(C)(=O)=O)c3)c3cc(Cl)ccc23)c2ncnc(N)c12. The van der Waals surface area contributed by atoms with Crippen molar-refractivity contribution in [1.29, 1.82) is 0 Å². The maximum atomic E-state index is 11.7. The molecule has 0 fully saturated rings. The lowest BCUT2D eigenvalue weighted by Crippen LogP contribution is -2.11. The van der Waals surface area contributed by atoms with E-state index in [2.05, 4.69) is 19.8 Å². The van der Waals surface area contributed by atoms with Crippen LogP contribution >= 0.6 is 11.6 Å². The molecule has 0 amide bonds. The van der Waals surface area contributed by atoms with Crippen molar-refractivity contribution in [2.75, 3.05) is 16.7 Å². The third kappa shape index (κ3) is 3.82. The number of hydrogen-bond donors (Lipinski definition) is 2. The fraction of sp³-hybridized carbons (Fsp3) is 0.182. The second-order valence-electron chi connectivity index (χ2n) is 8.05. The molecule has 0 saturated heterocycles. The van der Waals surface area contributed by atoms with Gasteiger partial charge in [0, 0.05) is 10.4 Å². The summed E-state index contributed by atoms with van der Waals surface area (Å²) in [5.74, 6) is 0.373. The van der Waals surface area contributed by atoms with Crippen LogP contribution in [0.15, 0.2) is 48.8 Å². The minimum atomic E-state index is -3.43. The van der Waals surface area contributed by atoms with E-state index in [4.69, 9.17) is 22.4 Å². The highest BCUT2D eigenvalue weighted by molar-refractivity contribution is 7.92. The Morgan fingerprint density at radius 3 is 2.68 bits per heavy atom. The molecular weight excluding hydrogens is 476 g/mol. The van der Waals surface area contributed by atoms with E-state index < -0.39 is 10.0 Å². The number of aryl methyl sites for hydroxylation is 1. The average molecular weight is 497 g/mol. The molecule has 2 aromatic carbocycles. The minimum absolute atomic E-state index is 0.298. The third-order valence-electron chi connectivity index (χ3n) is 5.52. The molecule has 0 radical (unpaired) electrons. The van der Waals surface area contributed by atoms with Gasteiger partial charge in [0.15, 0.2) is 5.65 Å². The Bertz CT molecular complexity index is 1680. The van der Waals surface area contributed by atoms with Gasteiger partial charge in [-0.15, -0.1) is 0 Å². The Morgan fingerprint density at radius 1 is 1.12 bits per heavy atom. The van der Waals surface area contributed by atoms with E-state index >= 15 is 0 Å². The van der Waals surface area contributed by atoms with E-state index in [1.54, 1.807) is 33.6 Å². The largest absolute Gasteiger partial charge is 0.383 e. The number of hydrogen-bond acceptors (Lipinski definition) is 7. The summed E-state index contributed by atoms with van der Waals surface area (Å²) >= 11 is 6.32. The Labute approximate surface area is 200 Å². The number of fused-ring (bicyclic) bond motifs is 2. The van der Waals surface area contributed by atoms with Gasteiger partial charge in [0.1, 0.15) is 12.1 Å². The van der Waals surface area contributed by atoms with Gasteiger partial charge in [0.25, 0.3) is 0 Å². The molecule has 1 atom stereocenters. The third-order valence-corrected chi connectivity index (χ3v) is 6.36. The number of aromatic nitrogens is 6. The van der Waals surface area contributed by atoms with E-state index in [1.165, 1.54) is 6.33 Å². The van der Waals surface area contributed by atoms with Crippen molar-refractivity contribution in [3.05, 3.63) is 65.2 Å². The first kappa shape index (κ1) is 22.1. The molecule has 10 nitrogen and oxygen atoms in total. The maximum Gasteiger partial charge on any atom is 0.229 e. The Balaban J connectivity index is 1.69. The predicted octanol–water partition coefficient (Wildman–Crippen LogP) is 3.69. The number of halogens is 1. The van der Waals surface area contributed by atoms with Crippen LogP contribution in [0.2, 0.25) is 5.02 Å². The molecule has 3 N–H and O–H groups in total. The van der Waals surface area contributed by atoms with E-state index in [0.717, 1.165) is 28.5 Å². The molecule has 0 aliphatic heterocycles. The zero-order valence-corrected chi connectivity index (χ0v) is 20.1. The van der Waals surface area contributed by atoms with Gasteiger partial charge in [-0.3, -0.25) is 4.72 Å². The smallest absolute Gasteiger partial charge is 0.229 e. The summed E-state index contributed by atoms with van der Waals surface area (Å²) in [6.45, 7) is 3.84. The number of nitrogen functional groups attached to an aromatic ring is 1. The Kier molecular flexibility index (Phi) is 5.18. The minimum Gasteiger partial charge on any atom is -0.383 e. The monoisotopic (exact) mass is 496 g/mol. The summed E-state index contributed by atoms with van der Waals surface area (Å²) in [5.41, 5.74) is 10.0. The Morgan fingerprint density at radius 2 is 1.91 bits per heavy atom. The van der Waals surface area contributed by atoms with Crippen LogP contribution in [0.1, 0.15) is 24.4 Å². The first-order valence-electron chi connectivity index (χ1n) is 10.3. The van der Waals surface area contributed by atoms with Crippen molar-refractivity contribution in [2.45, 2.75) is 19.9 Å². The van der Waals surface area contributed by atoms with Gasteiger partial charge >= 0.3 is 0 Å². The number of rotatable bonds is 5. The topological polar surface area (TPSA) is 134 Å². The van der Waals surface area contributed by atoms with Crippen LogP contribution in [0, 0.1) is 6.92 Å². The first-order valence-corrected chi connectivity index (χ1v) is 12.6. The van der Waals surface area contributed by atoms with E-state index in [9.17, 15) is 8.42 Å². The van der Waals surface area contributed by atoms with Gasteiger partial charge in [-0.25, -0.2) is 27.7 Å². The quantitative estimate of drug-likeness (QED) is 0.379. The van der Waals surface area contributed by atoms with Crippen molar-refractivity contribution in [3.63, 3.8) is 0 Å². The second kappa shape index (κ2) is 7.96. The summed E-state index contributed by atoms with van der Waals surface area (Å²) < 4.78 is 29.4. The molecule has 0 aliphatic rings. The summed E-state index contributed by atoms with van der Waals surface area (Å²) in [6.07, 6.45) is 2.52. The van der Waals surface area contributed by atoms with Crippen LogP contribution in [0.3, 0.4) is 0 Å².